The second kappa shape index (κ2) is 7.41. The molecule has 4 rings (SSSR count). The van der Waals surface area contributed by atoms with E-state index in [2.05, 4.69) is 16.3 Å². The number of aromatic nitrogens is 2. The van der Waals surface area contributed by atoms with E-state index in [9.17, 15) is 5.26 Å². The second-order valence-electron chi connectivity index (χ2n) is 6.36. The van der Waals surface area contributed by atoms with Crippen LogP contribution < -0.4 is 19.9 Å². The van der Waals surface area contributed by atoms with Gasteiger partial charge in [-0.3, -0.25) is 5.10 Å². The Morgan fingerprint density at radius 1 is 1.14 bits per heavy atom. The van der Waals surface area contributed by atoms with Gasteiger partial charge in [0.15, 0.2) is 11.5 Å². The van der Waals surface area contributed by atoms with Crippen LogP contribution in [0.5, 0.6) is 17.4 Å². The van der Waals surface area contributed by atoms with Crippen LogP contribution >= 0.6 is 11.6 Å². The van der Waals surface area contributed by atoms with Gasteiger partial charge in [0.05, 0.1) is 31.4 Å². The summed E-state index contributed by atoms with van der Waals surface area (Å²) >= 11 is 6.02. The molecule has 3 N–H and O–H groups in total. The number of aromatic amines is 1. The molecule has 0 bridgehead atoms. The van der Waals surface area contributed by atoms with Crippen molar-refractivity contribution in [3.05, 3.63) is 70.1 Å². The Kier molecular flexibility index (Phi) is 4.79. The molecular formula is C21H17ClN4O3. The first kappa shape index (κ1) is 18.7. The number of methoxy groups -OCH3 is 2. The van der Waals surface area contributed by atoms with Gasteiger partial charge in [0, 0.05) is 10.6 Å². The Hall–Kier alpha value is -3.63. The minimum absolute atomic E-state index is 0.0222. The topological polar surface area (TPSA) is 106 Å². The Morgan fingerprint density at radius 3 is 2.52 bits per heavy atom. The summed E-state index contributed by atoms with van der Waals surface area (Å²) in [6, 6.07) is 15.0. The highest BCUT2D eigenvalue weighted by Crippen LogP contribution is 2.47. The summed E-state index contributed by atoms with van der Waals surface area (Å²) in [4.78, 5) is 0. The van der Waals surface area contributed by atoms with Crippen LogP contribution in [0.15, 0.2) is 53.9 Å². The second-order valence-corrected chi connectivity index (χ2v) is 6.80. The normalized spacial score (nSPS) is 15.3. The number of halogens is 1. The maximum atomic E-state index is 9.81. The van der Waals surface area contributed by atoms with Gasteiger partial charge in [-0.25, -0.2) is 0 Å². The molecule has 0 saturated carbocycles. The minimum atomic E-state index is -0.493. The summed E-state index contributed by atoms with van der Waals surface area (Å²) < 4.78 is 16.4. The maximum absolute atomic E-state index is 9.81. The van der Waals surface area contributed by atoms with Crippen LogP contribution in [-0.2, 0) is 0 Å². The van der Waals surface area contributed by atoms with Crippen molar-refractivity contribution < 1.29 is 14.2 Å². The quantitative estimate of drug-likeness (QED) is 0.676. The molecule has 29 heavy (non-hydrogen) atoms. The van der Waals surface area contributed by atoms with Gasteiger partial charge in [0.2, 0.25) is 11.8 Å². The van der Waals surface area contributed by atoms with Crippen LogP contribution in [0.1, 0.15) is 17.0 Å². The van der Waals surface area contributed by atoms with Gasteiger partial charge in [-0.15, -0.1) is 5.10 Å². The largest absolute Gasteiger partial charge is 0.493 e. The number of fused-ring (bicyclic) bond motifs is 1. The number of nitriles is 1. The molecule has 0 radical (unpaired) electrons. The molecule has 1 unspecified atom stereocenters. The highest BCUT2D eigenvalue weighted by Gasteiger charge is 2.36. The van der Waals surface area contributed by atoms with Crippen LogP contribution in [0.3, 0.4) is 0 Å². The predicted molar refractivity (Wildman–Crippen MR) is 108 cm³/mol. The number of nitrogens with one attached hydrogen (secondary N) is 1. The molecule has 146 valence electrons. The molecule has 1 aliphatic heterocycles. The molecule has 0 saturated heterocycles. The lowest BCUT2D eigenvalue weighted by Gasteiger charge is -2.24. The van der Waals surface area contributed by atoms with Crippen molar-refractivity contribution in [3.63, 3.8) is 0 Å². The zero-order valence-electron chi connectivity index (χ0n) is 15.7. The molecule has 0 fully saturated rings. The van der Waals surface area contributed by atoms with Crippen molar-refractivity contribution in [1.29, 1.82) is 5.26 Å². The molecule has 1 aliphatic rings. The van der Waals surface area contributed by atoms with E-state index in [4.69, 9.17) is 31.5 Å². The van der Waals surface area contributed by atoms with E-state index in [1.807, 2.05) is 24.3 Å². The smallest absolute Gasteiger partial charge is 0.244 e. The molecule has 2 aromatic carbocycles. The Bertz CT molecular complexity index is 1150. The standard InChI is InChI=1S/C21H17ClN4O3/c1-27-15-8-5-12(9-16(15)28-2)17-14(10-23)20(24)29-21-18(17)19(25-26-21)11-3-6-13(22)7-4-11/h3-9,17H,24H2,1-2H3,(H,25,26). The zero-order chi connectivity index (χ0) is 20.5. The Balaban J connectivity index is 1.93. The maximum Gasteiger partial charge on any atom is 0.244 e. The first-order valence-corrected chi connectivity index (χ1v) is 9.08. The fourth-order valence-electron chi connectivity index (χ4n) is 3.45. The molecule has 3 aromatic rings. The number of allylic oxidation sites excluding steroid dienone is 1. The summed E-state index contributed by atoms with van der Waals surface area (Å²) in [5.41, 5.74) is 9.41. The third kappa shape index (κ3) is 3.13. The van der Waals surface area contributed by atoms with Crippen molar-refractivity contribution in [3.8, 4) is 34.7 Å². The van der Waals surface area contributed by atoms with Crippen molar-refractivity contribution >= 4 is 11.6 Å². The SMILES string of the molecule is COc1ccc(C2C(C#N)=C(N)Oc3n[nH]c(-c4ccc(Cl)cc4)c32)cc1OC. The number of nitrogens with zero attached hydrogens (tertiary/aromatic N) is 2. The first-order chi connectivity index (χ1) is 14.1. The average Bonchev–Trinajstić information content (AvgIpc) is 3.16. The summed E-state index contributed by atoms with van der Waals surface area (Å²) in [5, 5.41) is 17.7. The highest BCUT2D eigenvalue weighted by atomic mass is 35.5. The number of rotatable bonds is 4. The number of benzene rings is 2. The van der Waals surface area contributed by atoms with Gasteiger partial charge in [0.25, 0.3) is 0 Å². The first-order valence-electron chi connectivity index (χ1n) is 8.71. The lowest BCUT2D eigenvalue weighted by molar-refractivity contribution is 0.354. The molecule has 0 aliphatic carbocycles. The van der Waals surface area contributed by atoms with Crippen molar-refractivity contribution in [2.24, 2.45) is 5.73 Å². The van der Waals surface area contributed by atoms with Crippen molar-refractivity contribution in [2.45, 2.75) is 5.92 Å². The number of nitrogens with two attached hydrogens (primary N) is 1. The number of hydrogen-bond acceptors (Lipinski definition) is 6. The van der Waals surface area contributed by atoms with Crippen LogP contribution in [0.2, 0.25) is 5.02 Å². The fraction of sp³-hybridized carbons (Fsp3) is 0.143. The van der Waals surface area contributed by atoms with Gasteiger partial charge in [-0.2, -0.15) is 5.26 Å². The molecule has 7 nitrogen and oxygen atoms in total. The highest BCUT2D eigenvalue weighted by molar-refractivity contribution is 6.30. The fourth-order valence-corrected chi connectivity index (χ4v) is 3.57. The van der Waals surface area contributed by atoms with E-state index in [-0.39, 0.29) is 5.88 Å². The van der Waals surface area contributed by atoms with Gasteiger partial charge < -0.3 is 19.9 Å². The van der Waals surface area contributed by atoms with Crippen molar-refractivity contribution in [2.75, 3.05) is 14.2 Å². The molecule has 8 heteroatoms. The molecule has 2 heterocycles. The van der Waals surface area contributed by atoms with Gasteiger partial charge in [0.1, 0.15) is 11.6 Å². The molecule has 0 spiro atoms. The third-order valence-corrected chi connectivity index (χ3v) is 5.06. The van der Waals surface area contributed by atoms with Gasteiger partial charge >= 0.3 is 0 Å². The lowest BCUT2D eigenvalue weighted by atomic mass is 9.83. The van der Waals surface area contributed by atoms with Crippen LogP contribution in [0.4, 0.5) is 0 Å². The molecule has 0 amide bonds. The molecule has 1 aromatic heterocycles. The molecule has 1 atom stereocenters. The van der Waals surface area contributed by atoms with Gasteiger partial charge in [-0.05, 0) is 29.8 Å². The monoisotopic (exact) mass is 408 g/mol. The lowest BCUT2D eigenvalue weighted by Crippen LogP contribution is -2.21. The van der Waals surface area contributed by atoms with Crippen LogP contribution in [-0.4, -0.2) is 24.4 Å². The third-order valence-electron chi connectivity index (χ3n) is 4.81. The van der Waals surface area contributed by atoms with E-state index in [1.165, 1.54) is 0 Å². The average molecular weight is 409 g/mol. The van der Waals surface area contributed by atoms with Crippen molar-refractivity contribution in [1.82, 2.24) is 10.2 Å². The van der Waals surface area contributed by atoms with E-state index in [1.54, 1.807) is 32.4 Å². The number of H-pyrrole nitrogens is 1. The number of hydrogen-bond donors (Lipinski definition) is 2. The summed E-state index contributed by atoms with van der Waals surface area (Å²) in [5.74, 6) is 0.989. The number of ether oxygens (including phenoxy) is 3. The predicted octanol–water partition coefficient (Wildman–Crippen LogP) is 3.97. The zero-order valence-corrected chi connectivity index (χ0v) is 16.4. The van der Waals surface area contributed by atoms with Crippen LogP contribution in [0, 0.1) is 11.3 Å². The Labute approximate surface area is 172 Å². The summed E-state index contributed by atoms with van der Waals surface area (Å²) in [7, 11) is 3.13. The van der Waals surface area contributed by atoms with E-state index in [0.29, 0.717) is 33.5 Å². The van der Waals surface area contributed by atoms with E-state index < -0.39 is 5.92 Å². The summed E-state index contributed by atoms with van der Waals surface area (Å²) in [6.07, 6.45) is 0. The van der Waals surface area contributed by atoms with Crippen LogP contribution in [0.25, 0.3) is 11.3 Å². The Morgan fingerprint density at radius 2 is 1.86 bits per heavy atom. The van der Waals surface area contributed by atoms with E-state index in [0.717, 1.165) is 16.8 Å². The van der Waals surface area contributed by atoms with Gasteiger partial charge in [-0.1, -0.05) is 29.8 Å². The minimum Gasteiger partial charge on any atom is -0.493 e. The van der Waals surface area contributed by atoms with E-state index >= 15 is 0 Å². The molecular weight excluding hydrogens is 392 g/mol. The summed E-state index contributed by atoms with van der Waals surface area (Å²) in [6.45, 7) is 0.